The van der Waals surface area contributed by atoms with Gasteiger partial charge in [-0.1, -0.05) is 35.3 Å². The van der Waals surface area contributed by atoms with Crippen LogP contribution in [0.15, 0.2) is 18.2 Å². The molecule has 2 N–H and O–H groups in total. The van der Waals surface area contributed by atoms with Gasteiger partial charge in [-0.25, -0.2) is 0 Å². The van der Waals surface area contributed by atoms with E-state index in [-0.39, 0.29) is 6.04 Å². The van der Waals surface area contributed by atoms with Crippen molar-refractivity contribution in [1.29, 1.82) is 0 Å². The molecule has 0 bridgehead atoms. The predicted octanol–water partition coefficient (Wildman–Crippen LogP) is 2.45. The van der Waals surface area contributed by atoms with Crippen molar-refractivity contribution in [2.75, 3.05) is 31.1 Å². The maximum Gasteiger partial charge on any atom is 0.0640 e. The van der Waals surface area contributed by atoms with Crippen molar-refractivity contribution < 1.29 is 4.21 Å². The van der Waals surface area contributed by atoms with Gasteiger partial charge in [0, 0.05) is 48.0 Å². The Balaban J connectivity index is 1.89. The average molecular weight is 321 g/mol. The molecule has 106 valence electrons. The molecule has 0 aliphatic carbocycles. The first kappa shape index (κ1) is 15.3. The molecule has 0 saturated carbocycles. The van der Waals surface area contributed by atoms with E-state index in [4.69, 9.17) is 28.9 Å². The van der Waals surface area contributed by atoms with Crippen LogP contribution in [0.25, 0.3) is 0 Å². The Morgan fingerprint density at radius 2 is 2.00 bits per heavy atom. The lowest BCUT2D eigenvalue weighted by Gasteiger charge is -2.27. The number of benzene rings is 1. The van der Waals surface area contributed by atoms with Crippen molar-refractivity contribution in [3.05, 3.63) is 33.8 Å². The number of nitrogens with two attached hydrogens (primary N) is 1. The monoisotopic (exact) mass is 320 g/mol. The average Bonchev–Trinajstić information content (AvgIpc) is 2.41. The van der Waals surface area contributed by atoms with Gasteiger partial charge in [0.15, 0.2) is 0 Å². The maximum absolute atomic E-state index is 11.3. The molecule has 2 rings (SSSR count). The van der Waals surface area contributed by atoms with Gasteiger partial charge in [0.1, 0.15) is 0 Å². The highest BCUT2D eigenvalue weighted by Gasteiger charge is 2.17. The molecule has 1 unspecified atom stereocenters. The Morgan fingerprint density at radius 1 is 1.32 bits per heavy atom. The van der Waals surface area contributed by atoms with Crippen LogP contribution in [0.1, 0.15) is 18.0 Å². The lowest BCUT2D eigenvalue weighted by molar-refractivity contribution is 0.287. The summed E-state index contributed by atoms with van der Waals surface area (Å²) in [6, 6.07) is 5.44. The molecule has 6 heteroatoms. The summed E-state index contributed by atoms with van der Waals surface area (Å²) in [7, 11) is -0.629. The molecule has 1 aromatic rings. The third-order valence-corrected chi connectivity index (χ3v) is 5.52. The van der Waals surface area contributed by atoms with Gasteiger partial charge in [-0.3, -0.25) is 4.21 Å². The van der Waals surface area contributed by atoms with Crippen LogP contribution in [-0.2, 0) is 10.8 Å². The number of hydrogen-bond donors (Lipinski definition) is 1. The Morgan fingerprint density at radius 3 is 2.68 bits per heavy atom. The lowest BCUT2D eigenvalue weighted by atomic mass is 10.0. The van der Waals surface area contributed by atoms with Crippen LogP contribution < -0.4 is 5.73 Å². The quantitative estimate of drug-likeness (QED) is 0.926. The molecule has 3 nitrogen and oxygen atoms in total. The summed E-state index contributed by atoms with van der Waals surface area (Å²) in [4.78, 5) is 2.31. The molecular formula is C13H18Cl2N2OS. The molecule has 0 radical (unpaired) electrons. The highest BCUT2D eigenvalue weighted by atomic mass is 35.5. The van der Waals surface area contributed by atoms with E-state index in [2.05, 4.69) is 4.90 Å². The van der Waals surface area contributed by atoms with Crippen LogP contribution in [0.2, 0.25) is 10.0 Å². The minimum Gasteiger partial charge on any atom is -0.324 e. The maximum atomic E-state index is 11.3. The Kier molecular flexibility index (Phi) is 5.66. The van der Waals surface area contributed by atoms with Crippen molar-refractivity contribution in [3.63, 3.8) is 0 Å². The first-order valence-electron chi connectivity index (χ1n) is 6.34. The van der Waals surface area contributed by atoms with Gasteiger partial charge in [0.2, 0.25) is 0 Å². The fourth-order valence-corrected chi connectivity index (χ4v) is 3.76. The van der Waals surface area contributed by atoms with Crippen LogP contribution in [0.5, 0.6) is 0 Å². The van der Waals surface area contributed by atoms with Crippen molar-refractivity contribution in [3.8, 4) is 0 Å². The van der Waals surface area contributed by atoms with E-state index in [0.717, 1.165) is 43.1 Å². The van der Waals surface area contributed by atoms with Gasteiger partial charge < -0.3 is 10.6 Å². The number of nitrogens with zero attached hydrogens (tertiary/aromatic N) is 1. The van der Waals surface area contributed by atoms with Crippen molar-refractivity contribution in [2.45, 2.75) is 12.5 Å². The largest absolute Gasteiger partial charge is 0.324 e. The highest BCUT2D eigenvalue weighted by molar-refractivity contribution is 7.85. The first-order valence-corrected chi connectivity index (χ1v) is 8.59. The van der Waals surface area contributed by atoms with E-state index in [1.165, 1.54) is 0 Å². The number of halogens is 2. The SMILES string of the molecule is NC(CCN1CCS(=O)CC1)c1cccc(Cl)c1Cl. The summed E-state index contributed by atoms with van der Waals surface area (Å²) in [5, 5.41) is 1.10. The zero-order chi connectivity index (χ0) is 13.8. The zero-order valence-electron chi connectivity index (χ0n) is 10.6. The molecule has 1 aliphatic rings. The molecule has 0 spiro atoms. The minimum atomic E-state index is -0.629. The molecule has 1 atom stereocenters. The minimum absolute atomic E-state index is 0.112. The Labute approximate surface area is 126 Å². The zero-order valence-corrected chi connectivity index (χ0v) is 13.0. The molecule has 1 saturated heterocycles. The Bertz CT molecular complexity index is 460. The first-order chi connectivity index (χ1) is 9.08. The van der Waals surface area contributed by atoms with Gasteiger partial charge >= 0.3 is 0 Å². The van der Waals surface area contributed by atoms with E-state index in [9.17, 15) is 4.21 Å². The highest BCUT2D eigenvalue weighted by Crippen LogP contribution is 2.30. The molecule has 1 heterocycles. The predicted molar refractivity (Wildman–Crippen MR) is 82.3 cm³/mol. The smallest absolute Gasteiger partial charge is 0.0640 e. The van der Waals surface area contributed by atoms with E-state index in [0.29, 0.717) is 10.0 Å². The number of rotatable bonds is 4. The molecule has 1 fully saturated rings. The molecule has 1 aliphatic heterocycles. The molecule has 0 aromatic heterocycles. The number of hydrogen-bond acceptors (Lipinski definition) is 3. The second-order valence-corrected chi connectivity index (χ2v) is 7.21. The topological polar surface area (TPSA) is 46.3 Å². The third kappa shape index (κ3) is 4.17. The Hall–Kier alpha value is -0.130. The van der Waals surface area contributed by atoms with Gasteiger partial charge in [0.25, 0.3) is 0 Å². The van der Waals surface area contributed by atoms with Gasteiger partial charge in [-0.2, -0.15) is 0 Å². The standard InChI is InChI=1S/C13H18Cl2N2OS/c14-11-3-1-2-10(13(11)15)12(16)4-5-17-6-8-19(18)9-7-17/h1-3,12H,4-9,16H2. The van der Waals surface area contributed by atoms with Gasteiger partial charge in [0.05, 0.1) is 10.0 Å². The summed E-state index contributed by atoms with van der Waals surface area (Å²) in [5.41, 5.74) is 7.08. The fraction of sp³-hybridized carbons (Fsp3) is 0.538. The molecule has 1 aromatic carbocycles. The molecular weight excluding hydrogens is 303 g/mol. The van der Waals surface area contributed by atoms with Gasteiger partial charge in [-0.05, 0) is 18.1 Å². The van der Waals surface area contributed by atoms with Gasteiger partial charge in [-0.15, -0.1) is 0 Å². The van der Waals surface area contributed by atoms with Crippen LogP contribution >= 0.6 is 23.2 Å². The second kappa shape index (κ2) is 7.04. The van der Waals surface area contributed by atoms with Crippen LogP contribution in [0, 0.1) is 0 Å². The van der Waals surface area contributed by atoms with E-state index >= 15 is 0 Å². The summed E-state index contributed by atoms with van der Waals surface area (Å²) in [6.45, 7) is 2.69. The summed E-state index contributed by atoms with van der Waals surface area (Å²) in [5.74, 6) is 1.54. The van der Waals surface area contributed by atoms with Crippen molar-refractivity contribution >= 4 is 34.0 Å². The molecule has 19 heavy (non-hydrogen) atoms. The summed E-state index contributed by atoms with van der Waals surface area (Å²) >= 11 is 12.2. The van der Waals surface area contributed by atoms with Crippen LogP contribution in [0.4, 0.5) is 0 Å². The normalized spacial score (nSPS) is 19.5. The molecule has 0 amide bonds. The third-order valence-electron chi connectivity index (χ3n) is 3.41. The van der Waals surface area contributed by atoms with E-state index in [1.54, 1.807) is 6.07 Å². The summed E-state index contributed by atoms with van der Waals surface area (Å²) < 4.78 is 11.3. The summed E-state index contributed by atoms with van der Waals surface area (Å²) in [6.07, 6.45) is 0.826. The van der Waals surface area contributed by atoms with E-state index < -0.39 is 10.8 Å². The van der Waals surface area contributed by atoms with Crippen molar-refractivity contribution in [2.24, 2.45) is 5.73 Å². The van der Waals surface area contributed by atoms with Crippen LogP contribution in [-0.4, -0.2) is 40.2 Å². The van der Waals surface area contributed by atoms with E-state index in [1.807, 2.05) is 12.1 Å². The second-order valence-electron chi connectivity index (χ2n) is 4.73. The fourth-order valence-electron chi connectivity index (χ4n) is 2.18. The van der Waals surface area contributed by atoms with Crippen molar-refractivity contribution in [1.82, 2.24) is 4.90 Å². The van der Waals surface area contributed by atoms with Crippen LogP contribution in [0.3, 0.4) is 0 Å². The lowest BCUT2D eigenvalue weighted by Crippen LogP contribution is -2.39.